The van der Waals surface area contributed by atoms with Crippen LogP contribution in [0.3, 0.4) is 0 Å². The molecule has 0 spiro atoms. The molecule has 1 aromatic carbocycles. The zero-order valence-electron chi connectivity index (χ0n) is 15.5. The lowest BCUT2D eigenvalue weighted by Gasteiger charge is -2.18. The predicted octanol–water partition coefficient (Wildman–Crippen LogP) is 4.18. The Morgan fingerprint density at radius 2 is 1.62 bits per heavy atom. The first-order valence-electron chi connectivity index (χ1n) is 8.11. The summed E-state index contributed by atoms with van der Waals surface area (Å²) >= 11 is 0. The quantitative estimate of drug-likeness (QED) is 0.900. The maximum absolute atomic E-state index is 13.0. The van der Waals surface area contributed by atoms with Crippen molar-refractivity contribution in [2.75, 3.05) is 4.72 Å². The summed E-state index contributed by atoms with van der Waals surface area (Å²) in [5.41, 5.74) is 2.81. The van der Waals surface area contributed by atoms with Gasteiger partial charge in [-0.05, 0) is 51.0 Å². The van der Waals surface area contributed by atoms with Crippen molar-refractivity contribution < 1.29 is 8.42 Å². The molecule has 1 N–H and O–H groups in total. The van der Waals surface area contributed by atoms with E-state index in [0.29, 0.717) is 11.4 Å². The Morgan fingerprint density at radius 3 is 2.08 bits per heavy atom. The van der Waals surface area contributed by atoms with Crippen LogP contribution >= 0.6 is 0 Å². The molecule has 0 aliphatic rings. The second-order valence-corrected chi connectivity index (χ2v) is 9.30. The van der Waals surface area contributed by atoms with Crippen molar-refractivity contribution in [2.24, 2.45) is 0 Å². The summed E-state index contributed by atoms with van der Waals surface area (Å²) in [4.78, 5) is 0.239. The normalized spacial score (nSPS) is 12.7. The second kappa shape index (κ2) is 6.24. The number of nitrogens with zero attached hydrogens (tertiary/aromatic N) is 2. The lowest BCUT2D eigenvalue weighted by atomic mass is 9.92. The van der Waals surface area contributed by atoms with Gasteiger partial charge in [-0.15, -0.1) is 0 Å². The highest BCUT2D eigenvalue weighted by Crippen LogP contribution is 2.30. The van der Waals surface area contributed by atoms with Gasteiger partial charge in [-0.2, -0.15) is 5.10 Å². The van der Waals surface area contributed by atoms with Crippen LogP contribution in [0, 0.1) is 13.8 Å². The molecule has 0 unspecified atom stereocenters. The van der Waals surface area contributed by atoms with Gasteiger partial charge in [0.25, 0.3) is 10.0 Å². The van der Waals surface area contributed by atoms with Gasteiger partial charge in [0.1, 0.15) is 4.90 Å². The average molecular weight is 350 g/mol. The van der Waals surface area contributed by atoms with E-state index in [-0.39, 0.29) is 16.4 Å². The fourth-order valence-corrected chi connectivity index (χ4v) is 3.99. The molecule has 5 nitrogen and oxygen atoms in total. The summed E-state index contributed by atoms with van der Waals surface area (Å²) in [6.07, 6.45) is 1.62. The van der Waals surface area contributed by atoms with Crippen molar-refractivity contribution in [2.45, 2.75) is 64.8 Å². The van der Waals surface area contributed by atoms with E-state index < -0.39 is 10.0 Å². The van der Waals surface area contributed by atoms with Crippen LogP contribution in [0.2, 0.25) is 0 Å². The summed E-state index contributed by atoms with van der Waals surface area (Å²) in [6, 6.07) is 5.76. The Hall–Kier alpha value is -1.82. The standard InChI is InChI=1S/C18H27N3O2S/c1-12(2)21-11-16(17(19-21)18(5,6)7)24(22,23)20-15-9-13(3)8-14(4)10-15/h8-12,20H,1-7H3. The lowest BCUT2D eigenvalue weighted by molar-refractivity contribution is 0.493. The third kappa shape index (κ3) is 3.98. The van der Waals surface area contributed by atoms with Crippen LogP contribution in [0.1, 0.15) is 57.5 Å². The SMILES string of the molecule is Cc1cc(C)cc(NS(=O)(=O)c2cn(C(C)C)nc2C(C)(C)C)c1. The van der Waals surface area contributed by atoms with E-state index in [1.807, 2.05) is 66.7 Å². The van der Waals surface area contributed by atoms with Crippen LogP contribution in [-0.2, 0) is 15.4 Å². The monoisotopic (exact) mass is 349 g/mol. The first-order chi connectivity index (χ1) is 10.9. The van der Waals surface area contributed by atoms with Crippen molar-refractivity contribution in [3.8, 4) is 0 Å². The van der Waals surface area contributed by atoms with Crippen LogP contribution in [-0.4, -0.2) is 18.2 Å². The molecule has 1 aromatic heterocycles. The van der Waals surface area contributed by atoms with E-state index in [9.17, 15) is 8.42 Å². The number of sulfonamides is 1. The smallest absolute Gasteiger partial charge is 0.265 e. The Labute approximate surface area is 145 Å². The molecule has 0 saturated heterocycles. The molecule has 0 atom stereocenters. The van der Waals surface area contributed by atoms with Gasteiger partial charge in [-0.25, -0.2) is 8.42 Å². The second-order valence-electron chi connectivity index (χ2n) is 7.65. The number of nitrogens with one attached hydrogen (secondary N) is 1. The van der Waals surface area contributed by atoms with Crippen LogP contribution in [0.4, 0.5) is 5.69 Å². The van der Waals surface area contributed by atoms with Crippen molar-refractivity contribution >= 4 is 15.7 Å². The summed E-state index contributed by atoms with van der Waals surface area (Å²) in [6.45, 7) is 13.8. The summed E-state index contributed by atoms with van der Waals surface area (Å²) < 4.78 is 30.3. The number of benzene rings is 1. The maximum atomic E-state index is 13.0. The minimum Gasteiger partial charge on any atom is -0.280 e. The zero-order valence-corrected chi connectivity index (χ0v) is 16.3. The predicted molar refractivity (Wildman–Crippen MR) is 98.0 cm³/mol. The molecule has 6 heteroatoms. The topological polar surface area (TPSA) is 64.0 Å². The number of rotatable bonds is 4. The van der Waals surface area contributed by atoms with Crippen LogP contribution < -0.4 is 4.72 Å². The molecule has 132 valence electrons. The van der Waals surface area contributed by atoms with Crippen LogP contribution in [0.5, 0.6) is 0 Å². The Bertz CT molecular complexity index is 823. The number of anilines is 1. The fourth-order valence-electron chi connectivity index (χ4n) is 2.60. The van der Waals surface area contributed by atoms with Gasteiger partial charge in [0.15, 0.2) is 0 Å². The molecule has 2 aromatic rings. The molecule has 0 amide bonds. The minimum atomic E-state index is -3.71. The van der Waals surface area contributed by atoms with Crippen molar-refractivity contribution in [1.82, 2.24) is 9.78 Å². The summed E-state index contributed by atoms with van der Waals surface area (Å²) in [5.74, 6) is 0. The maximum Gasteiger partial charge on any atom is 0.265 e. The number of hydrogen-bond donors (Lipinski definition) is 1. The van der Waals surface area contributed by atoms with Crippen LogP contribution in [0.25, 0.3) is 0 Å². The van der Waals surface area contributed by atoms with E-state index in [1.165, 1.54) is 0 Å². The molecule has 24 heavy (non-hydrogen) atoms. The highest BCUT2D eigenvalue weighted by Gasteiger charge is 2.30. The molecule has 0 aliphatic carbocycles. The number of aryl methyl sites for hydroxylation is 2. The highest BCUT2D eigenvalue weighted by molar-refractivity contribution is 7.92. The van der Waals surface area contributed by atoms with Gasteiger partial charge in [0.05, 0.1) is 5.69 Å². The fraction of sp³-hybridized carbons (Fsp3) is 0.500. The summed E-state index contributed by atoms with van der Waals surface area (Å²) in [7, 11) is -3.71. The number of aromatic nitrogens is 2. The largest absolute Gasteiger partial charge is 0.280 e. The molecule has 1 heterocycles. The molecule has 2 rings (SSSR count). The lowest BCUT2D eigenvalue weighted by Crippen LogP contribution is -2.20. The van der Waals surface area contributed by atoms with E-state index in [1.54, 1.807) is 10.9 Å². The molecule has 0 aliphatic heterocycles. The zero-order chi connectivity index (χ0) is 18.3. The van der Waals surface area contributed by atoms with E-state index in [2.05, 4.69) is 9.82 Å². The van der Waals surface area contributed by atoms with Gasteiger partial charge in [0.2, 0.25) is 0 Å². The van der Waals surface area contributed by atoms with Crippen molar-refractivity contribution in [3.63, 3.8) is 0 Å². The number of hydrogen-bond acceptors (Lipinski definition) is 3. The minimum absolute atomic E-state index is 0.0938. The first-order valence-corrected chi connectivity index (χ1v) is 9.59. The van der Waals surface area contributed by atoms with E-state index >= 15 is 0 Å². The highest BCUT2D eigenvalue weighted by atomic mass is 32.2. The van der Waals surface area contributed by atoms with Gasteiger partial charge in [0, 0.05) is 23.3 Å². The summed E-state index contributed by atoms with van der Waals surface area (Å²) in [5, 5.41) is 4.52. The van der Waals surface area contributed by atoms with Crippen LogP contribution in [0.15, 0.2) is 29.3 Å². The molecular formula is C18H27N3O2S. The third-order valence-electron chi connectivity index (χ3n) is 3.70. The van der Waals surface area contributed by atoms with Crippen molar-refractivity contribution in [1.29, 1.82) is 0 Å². The average Bonchev–Trinajstić information content (AvgIpc) is 2.82. The van der Waals surface area contributed by atoms with Gasteiger partial charge in [-0.3, -0.25) is 9.40 Å². The molecule has 0 fully saturated rings. The van der Waals surface area contributed by atoms with Gasteiger partial charge >= 0.3 is 0 Å². The van der Waals surface area contributed by atoms with E-state index in [0.717, 1.165) is 11.1 Å². The third-order valence-corrected chi connectivity index (χ3v) is 5.08. The molecule has 0 bridgehead atoms. The molecule has 0 saturated carbocycles. The molecule has 0 radical (unpaired) electrons. The van der Waals surface area contributed by atoms with Crippen molar-refractivity contribution in [3.05, 3.63) is 41.2 Å². The first kappa shape index (κ1) is 18.5. The Morgan fingerprint density at radius 1 is 1.08 bits per heavy atom. The van der Waals surface area contributed by atoms with Gasteiger partial charge < -0.3 is 0 Å². The van der Waals surface area contributed by atoms with Gasteiger partial charge in [-0.1, -0.05) is 26.8 Å². The molecular weight excluding hydrogens is 322 g/mol. The Balaban J connectivity index is 2.52. The van der Waals surface area contributed by atoms with E-state index in [4.69, 9.17) is 0 Å². The Kier molecular flexibility index (Phi) is 4.81.